The molecule has 0 unspecified atom stereocenters. The number of anilines is 1. The van der Waals surface area contributed by atoms with Gasteiger partial charge in [0.15, 0.2) is 0 Å². The maximum atomic E-state index is 5.78. The molecule has 0 radical (unpaired) electrons. The van der Waals surface area contributed by atoms with Gasteiger partial charge in [0.2, 0.25) is 0 Å². The molecule has 5 nitrogen and oxygen atoms in total. The van der Waals surface area contributed by atoms with Crippen molar-refractivity contribution in [2.45, 2.75) is 52.6 Å². The number of piperazine rings is 1. The van der Waals surface area contributed by atoms with Crippen LogP contribution in [0, 0.1) is 0 Å². The smallest absolute Gasteiger partial charge is 0.137 e. The molecule has 1 aromatic heterocycles. The summed E-state index contributed by atoms with van der Waals surface area (Å²) in [5.74, 6) is 1.91. The average Bonchev–Trinajstić information content (AvgIpc) is 2.54. The Hall–Kier alpha value is -1.33. The van der Waals surface area contributed by atoms with Crippen LogP contribution in [-0.2, 0) is 0 Å². The maximum Gasteiger partial charge on any atom is 0.137 e. The Morgan fingerprint density at radius 3 is 2.42 bits per heavy atom. The molecule has 2 heterocycles. The third kappa shape index (κ3) is 6.29. The van der Waals surface area contributed by atoms with Crippen LogP contribution in [0.3, 0.4) is 0 Å². The molecule has 136 valence electrons. The highest BCUT2D eigenvalue weighted by Crippen LogP contribution is 2.18. The number of pyridine rings is 1. The molecule has 1 fully saturated rings. The summed E-state index contributed by atoms with van der Waals surface area (Å²) in [5.41, 5.74) is 0.169. The summed E-state index contributed by atoms with van der Waals surface area (Å²) >= 11 is 0. The molecule has 0 atom stereocenters. The Bertz CT molecular complexity index is 473. The van der Waals surface area contributed by atoms with E-state index in [1.807, 2.05) is 12.3 Å². The van der Waals surface area contributed by atoms with Crippen molar-refractivity contribution in [1.29, 1.82) is 0 Å². The van der Waals surface area contributed by atoms with Gasteiger partial charge >= 0.3 is 0 Å². The van der Waals surface area contributed by atoms with Gasteiger partial charge in [0, 0.05) is 37.8 Å². The van der Waals surface area contributed by atoms with E-state index in [4.69, 9.17) is 4.74 Å². The van der Waals surface area contributed by atoms with E-state index in [-0.39, 0.29) is 5.54 Å². The third-order valence-corrected chi connectivity index (χ3v) is 4.33. The summed E-state index contributed by atoms with van der Waals surface area (Å²) in [6.07, 6.45) is 2.84. The molecular weight excluding hydrogens is 300 g/mol. The van der Waals surface area contributed by atoms with Gasteiger partial charge in [0.1, 0.15) is 11.6 Å². The van der Waals surface area contributed by atoms with Crippen LogP contribution >= 0.6 is 0 Å². The van der Waals surface area contributed by atoms with Gasteiger partial charge in [-0.25, -0.2) is 4.98 Å². The fraction of sp³-hybridized carbons (Fsp3) is 0.737. The largest absolute Gasteiger partial charge is 0.492 e. The van der Waals surface area contributed by atoms with Gasteiger partial charge in [0.05, 0.1) is 12.8 Å². The first-order chi connectivity index (χ1) is 11.3. The van der Waals surface area contributed by atoms with E-state index in [9.17, 15) is 0 Å². The average molecular weight is 335 g/mol. The Kier molecular flexibility index (Phi) is 6.87. The van der Waals surface area contributed by atoms with Crippen molar-refractivity contribution < 1.29 is 4.74 Å². The second kappa shape index (κ2) is 8.67. The molecule has 1 saturated heterocycles. The molecule has 0 aromatic carbocycles. The van der Waals surface area contributed by atoms with E-state index in [0.717, 1.165) is 57.3 Å². The summed E-state index contributed by atoms with van der Waals surface area (Å²) in [7, 11) is 0. The SMILES string of the molecule is CC(C)N1CCN(c2ccc(OCCCNC(C)(C)C)cn2)CC1. The first kappa shape index (κ1) is 19.0. The Labute approximate surface area is 147 Å². The second-order valence-corrected chi connectivity index (χ2v) is 7.85. The van der Waals surface area contributed by atoms with Crippen molar-refractivity contribution in [3.63, 3.8) is 0 Å². The summed E-state index contributed by atoms with van der Waals surface area (Å²) in [6, 6.07) is 4.74. The quantitative estimate of drug-likeness (QED) is 0.777. The first-order valence-corrected chi connectivity index (χ1v) is 9.18. The molecule has 24 heavy (non-hydrogen) atoms. The number of ether oxygens (including phenoxy) is 1. The molecule has 0 saturated carbocycles. The van der Waals surface area contributed by atoms with Crippen LogP contribution in [0.1, 0.15) is 41.0 Å². The van der Waals surface area contributed by atoms with Crippen LogP contribution < -0.4 is 15.0 Å². The lowest BCUT2D eigenvalue weighted by atomic mass is 10.1. The number of hydrogen-bond acceptors (Lipinski definition) is 5. The first-order valence-electron chi connectivity index (χ1n) is 9.18. The molecule has 0 spiro atoms. The van der Waals surface area contributed by atoms with E-state index in [0.29, 0.717) is 6.04 Å². The highest BCUT2D eigenvalue weighted by atomic mass is 16.5. The highest BCUT2D eigenvalue weighted by molar-refractivity contribution is 5.41. The van der Waals surface area contributed by atoms with Crippen LogP contribution in [0.4, 0.5) is 5.82 Å². The van der Waals surface area contributed by atoms with Crippen LogP contribution in [0.2, 0.25) is 0 Å². The van der Waals surface area contributed by atoms with Crippen molar-refractivity contribution in [2.24, 2.45) is 0 Å². The zero-order chi connectivity index (χ0) is 17.6. The number of nitrogens with zero attached hydrogens (tertiary/aromatic N) is 3. The standard InChI is InChI=1S/C19H34N4O/c1-16(2)22-10-12-23(13-11-22)18-8-7-17(15-20-18)24-14-6-9-21-19(3,4)5/h7-8,15-16,21H,6,9-14H2,1-5H3. The molecule has 0 amide bonds. The normalized spacial score (nSPS) is 16.7. The van der Waals surface area contributed by atoms with Crippen LogP contribution in [0.25, 0.3) is 0 Å². The summed E-state index contributed by atoms with van der Waals surface area (Å²) in [4.78, 5) is 9.45. The number of nitrogens with one attached hydrogen (secondary N) is 1. The summed E-state index contributed by atoms with van der Waals surface area (Å²) in [5, 5.41) is 3.47. The van der Waals surface area contributed by atoms with E-state index in [1.165, 1.54) is 0 Å². The topological polar surface area (TPSA) is 40.6 Å². The van der Waals surface area contributed by atoms with Crippen LogP contribution in [0.5, 0.6) is 5.75 Å². The molecule has 0 aliphatic carbocycles. The van der Waals surface area contributed by atoms with Crippen molar-refractivity contribution in [3.8, 4) is 5.75 Å². The van der Waals surface area contributed by atoms with Crippen molar-refractivity contribution in [3.05, 3.63) is 18.3 Å². The van der Waals surface area contributed by atoms with Crippen molar-refractivity contribution >= 4 is 5.82 Å². The monoisotopic (exact) mass is 334 g/mol. The molecule has 1 aliphatic heterocycles. The lowest BCUT2D eigenvalue weighted by Crippen LogP contribution is -2.49. The van der Waals surface area contributed by atoms with Gasteiger partial charge in [-0.1, -0.05) is 0 Å². The lowest BCUT2D eigenvalue weighted by Gasteiger charge is -2.37. The zero-order valence-corrected chi connectivity index (χ0v) is 16.0. The Morgan fingerprint density at radius 2 is 1.88 bits per heavy atom. The van der Waals surface area contributed by atoms with Crippen LogP contribution in [-0.4, -0.2) is 60.8 Å². The molecular formula is C19H34N4O. The van der Waals surface area contributed by atoms with Crippen LogP contribution in [0.15, 0.2) is 18.3 Å². The Balaban J connectivity index is 1.71. The fourth-order valence-electron chi connectivity index (χ4n) is 2.84. The zero-order valence-electron chi connectivity index (χ0n) is 16.0. The Morgan fingerprint density at radius 1 is 1.17 bits per heavy atom. The predicted molar refractivity (Wildman–Crippen MR) is 101 cm³/mol. The van der Waals surface area contributed by atoms with Gasteiger partial charge in [-0.3, -0.25) is 4.90 Å². The number of hydrogen-bond donors (Lipinski definition) is 1. The van der Waals surface area contributed by atoms with Gasteiger partial charge < -0.3 is 15.0 Å². The fourth-order valence-corrected chi connectivity index (χ4v) is 2.84. The molecule has 5 heteroatoms. The highest BCUT2D eigenvalue weighted by Gasteiger charge is 2.19. The minimum Gasteiger partial charge on any atom is -0.492 e. The van der Waals surface area contributed by atoms with E-state index >= 15 is 0 Å². The molecule has 2 rings (SSSR count). The molecule has 1 aliphatic rings. The number of rotatable bonds is 7. The lowest BCUT2D eigenvalue weighted by molar-refractivity contribution is 0.209. The molecule has 1 aromatic rings. The van der Waals surface area contributed by atoms with Gasteiger partial charge in [-0.05, 0) is 59.7 Å². The summed E-state index contributed by atoms with van der Waals surface area (Å²) < 4.78 is 5.78. The maximum absolute atomic E-state index is 5.78. The minimum atomic E-state index is 0.169. The van der Waals surface area contributed by atoms with Gasteiger partial charge in [-0.15, -0.1) is 0 Å². The number of aromatic nitrogens is 1. The van der Waals surface area contributed by atoms with E-state index in [2.05, 4.69) is 60.8 Å². The molecule has 0 bridgehead atoms. The summed E-state index contributed by atoms with van der Waals surface area (Å²) in [6.45, 7) is 17.1. The predicted octanol–water partition coefficient (Wildman–Crippen LogP) is 2.77. The van der Waals surface area contributed by atoms with E-state index in [1.54, 1.807) is 0 Å². The van der Waals surface area contributed by atoms with Gasteiger partial charge in [0.25, 0.3) is 0 Å². The third-order valence-electron chi connectivity index (χ3n) is 4.33. The van der Waals surface area contributed by atoms with Crippen molar-refractivity contribution in [1.82, 2.24) is 15.2 Å². The van der Waals surface area contributed by atoms with Gasteiger partial charge in [-0.2, -0.15) is 0 Å². The minimum absolute atomic E-state index is 0.169. The van der Waals surface area contributed by atoms with E-state index < -0.39 is 0 Å². The second-order valence-electron chi connectivity index (χ2n) is 7.85. The molecule has 1 N–H and O–H groups in total. The van der Waals surface area contributed by atoms with Crippen molar-refractivity contribution in [2.75, 3.05) is 44.2 Å².